The number of amides is 2. The van der Waals surface area contributed by atoms with Gasteiger partial charge in [0, 0.05) is 6.92 Å². The van der Waals surface area contributed by atoms with Crippen LogP contribution in [-0.4, -0.2) is 50.1 Å². The van der Waals surface area contributed by atoms with Gasteiger partial charge in [0.25, 0.3) is 0 Å². The number of ether oxygens (including phenoxy) is 2. The summed E-state index contributed by atoms with van der Waals surface area (Å²) in [7, 11) is 2.44. The highest BCUT2D eigenvalue weighted by Crippen LogP contribution is 2.12. The molecule has 0 radical (unpaired) electrons. The van der Waals surface area contributed by atoms with Gasteiger partial charge in [-0.25, -0.2) is 4.79 Å². The number of esters is 2. The maximum absolute atomic E-state index is 12.4. The molecule has 0 spiro atoms. The standard InChI is InChI=1S/C15H26N2O6/c1-8(2)12(16-10(4)18)14(20)17-13(15(21)23-6)9(3)7-11(19)22-5/h8-9,12-13H,7H2,1-6H3,(H,16,18)(H,17,20)/t9-,12-,13+/m1/s1. The zero-order chi connectivity index (χ0) is 18.2. The smallest absolute Gasteiger partial charge is 0.328 e. The van der Waals surface area contributed by atoms with Crippen LogP contribution in [0.1, 0.15) is 34.1 Å². The first kappa shape index (κ1) is 20.9. The number of carbonyl (C=O) groups excluding carboxylic acids is 4. The predicted molar refractivity (Wildman–Crippen MR) is 82.2 cm³/mol. The molecular weight excluding hydrogens is 304 g/mol. The number of hydrogen-bond donors (Lipinski definition) is 2. The summed E-state index contributed by atoms with van der Waals surface area (Å²) in [6.07, 6.45) is -0.0526. The Bertz CT molecular complexity index is 449. The van der Waals surface area contributed by atoms with Gasteiger partial charge in [-0.1, -0.05) is 20.8 Å². The van der Waals surface area contributed by atoms with Gasteiger partial charge in [0.05, 0.1) is 20.6 Å². The lowest BCUT2D eigenvalue weighted by atomic mass is 9.96. The molecule has 0 bridgehead atoms. The number of methoxy groups -OCH3 is 2. The third kappa shape index (κ3) is 7.12. The van der Waals surface area contributed by atoms with E-state index in [0.29, 0.717) is 0 Å². The molecule has 0 saturated carbocycles. The van der Waals surface area contributed by atoms with Gasteiger partial charge in [0.15, 0.2) is 0 Å². The van der Waals surface area contributed by atoms with Crippen LogP contribution in [0.2, 0.25) is 0 Å². The summed E-state index contributed by atoms with van der Waals surface area (Å²) in [5.74, 6) is -2.72. The molecule has 0 aliphatic carbocycles. The number of rotatable bonds is 8. The van der Waals surface area contributed by atoms with Crippen molar-refractivity contribution in [2.24, 2.45) is 11.8 Å². The molecule has 0 aromatic rings. The minimum atomic E-state index is -1.01. The van der Waals surface area contributed by atoms with E-state index in [-0.39, 0.29) is 18.2 Å². The first-order valence-electron chi connectivity index (χ1n) is 7.36. The van der Waals surface area contributed by atoms with Crippen molar-refractivity contribution in [1.82, 2.24) is 10.6 Å². The molecule has 132 valence electrons. The molecule has 0 unspecified atom stereocenters. The molecule has 0 heterocycles. The highest BCUT2D eigenvalue weighted by molar-refractivity contribution is 5.90. The van der Waals surface area contributed by atoms with E-state index in [1.165, 1.54) is 21.1 Å². The summed E-state index contributed by atoms with van der Waals surface area (Å²) < 4.78 is 9.24. The lowest BCUT2D eigenvalue weighted by Gasteiger charge is -2.26. The van der Waals surface area contributed by atoms with Crippen molar-refractivity contribution < 1.29 is 28.7 Å². The summed E-state index contributed by atoms with van der Waals surface area (Å²) >= 11 is 0. The van der Waals surface area contributed by atoms with Crippen molar-refractivity contribution in [3.05, 3.63) is 0 Å². The highest BCUT2D eigenvalue weighted by atomic mass is 16.5. The Morgan fingerprint density at radius 3 is 1.87 bits per heavy atom. The molecule has 23 heavy (non-hydrogen) atoms. The topological polar surface area (TPSA) is 111 Å². The van der Waals surface area contributed by atoms with Crippen LogP contribution in [-0.2, 0) is 28.7 Å². The minimum Gasteiger partial charge on any atom is -0.469 e. The zero-order valence-electron chi connectivity index (χ0n) is 14.5. The van der Waals surface area contributed by atoms with Crippen LogP contribution >= 0.6 is 0 Å². The molecule has 0 aromatic carbocycles. The Hall–Kier alpha value is -2.12. The molecule has 0 fully saturated rings. The summed E-state index contributed by atoms with van der Waals surface area (Å²) in [5, 5.41) is 5.09. The van der Waals surface area contributed by atoms with Crippen LogP contribution < -0.4 is 10.6 Å². The number of carbonyl (C=O) groups is 4. The zero-order valence-corrected chi connectivity index (χ0v) is 14.5. The van der Waals surface area contributed by atoms with Gasteiger partial charge in [-0.15, -0.1) is 0 Å². The van der Waals surface area contributed by atoms with Crippen LogP contribution in [0, 0.1) is 11.8 Å². The van der Waals surface area contributed by atoms with Crippen LogP contribution in [0.25, 0.3) is 0 Å². The van der Waals surface area contributed by atoms with Gasteiger partial charge < -0.3 is 20.1 Å². The van der Waals surface area contributed by atoms with Crippen LogP contribution in [0.4, 0.5) is 0 Å². The van der Waals surface area contributed by atoms with Gasteiger partial charge >= 0.3 is 11.9 Å². The van der Waals surface area contributed by atoms with E-state index in [1.54, 1.807) is 20.8 Å². The van der Waals surface area contributed by atoms with Gasteiger partial charge in [0.1, 0.15) is 12.1 Å². The molecular formula is C15H26N2O6. The van der Waals surface area contributed by atoms with Gasteiger partial charge in [-0.05, 0) is 11.8 Å². The Morgan fingerprint density at radius 1 is 0.913 bits per heavy atom. The maximum atomic E-state index is 12.4. The first-order valence-corrected chi connectivity index (χ1v) is 7.36. The summed E-state index contributed by atoms with van der Waals surface area (Å²) in [5.41, 5.74) is 0. The quantitative estimate of drug-likeness (QED) is 0.606. The lowest BCUT2D eigenvalue weighted by Crippen LogP contribution is -2.55. The van der Waals surface area contributed by atoms with Crippen molar-refractivity contribution in [3.63, 3.8) is 0 Å². The summed E-state index contributed by atoms with van der Waals surface area (Å²) in [6.45, 7) is 6.47. The molecule has 3 atom stereocenters. The van der Waals surface area contributed by atoms with Gasteiger partial charge in [-0.2, -0.15) is 0 Å². The van der Waals surface area contributed by atoms with Gasteiger partial charge in [0.2, 0.25) is 11.8 Å². The third-order valence-corrected chi connectivity index (χ3v) is 3.35. The molecule has 0 aliphatic heterocycles. The molecule has 2 N–H and O–H groups in total. The molecule has 0 saturated heterocycles. The Balaban J connectivity index is 5.13. The largest absolute Gasteiger partial charge is 0.469 e. The van der Waals surface area contributed by atoms with E-state index >= 15 is 0 Å². The van der Waals surface area contributed by atoms with Crippen LogP contribution in [0.15, 0.2) is 0 Å². The second-order valence-corrected chi connectivity index (χ2v) is 5.69. The normalized spacial score (nSPS) is 14.4. The predicted octanol–water partition coefficient (Wildman–Crippen LogP) is 0.00410. The SMILES string of the molecule is COC(=O)C[C@@H](C)[C@H](NC(=O)[C@H](NC(C)=O)C(C)C)C(=O)OC. The first-order chi connectivity index (χ1) is 10.6. The Morgan fingerprint density at radius 2 is 1.48 bits per heavy atom. The van der Waals surface area contributed by atoms with E-state index in [0.717, 1.165) is 0 Å². The highest BCUT2D eigenvalue weighted by Gasteiger charge is 2.33. The Labute approximate surface area is 136 Å². The van der Waals surface area contributed by atoms with E-state index in [2.05, 4.69) is 20.1 Å². The fraction of sp³-hybridized carbons (Fsp3) is 0.733. The fourth-order valence-corrected chi connectivity index (χ4v) is 2.02. The van der Waals surface area contributed by atoms with E-state index in [9.17, 15) is 19.2 Å². The molecule has 8 heteroatoms. The monoisotopic (exact) mass is 330 g/mol. The van der Waals surface area contributed by atoms with Crippen molar-refractivity contribution >= 4 is 23.8 Å². The van der Waals surface area contributed by atoms with Crippen molar-refractivity contribution in [2.45, 2.75) is 46.2 Å². The Kier molecular flexibility index (Phi) is 8.90. The summed E-state index contributed by atoms with van der Waals surface area (Å²) in [6, 6.07) is -1.80. The third-order valence-electron chi connectivity index (χ3n) is 3.35. The van der Waals surface area contributed by atoms with Gasteiger partial charge in [-0.3, -0.25) is 14.4 Å². The maximum Gasteiger partial charge on any atom is 0.328 e. The second-order valence-electron chi connectivity index (χ2n) is 5.69. The van der Waals surface area contributed by atoms with Crippen LogP contribution in [0.3, 0.4) is 0 Å². The summed E-state index contributed by atoms with van der Waals surface area (Å²) in [4.78, 5) is 46.8. The fourth-order valence-electron chi connectivity index (χ4n) is 2.02. The van der Waals surface area contributed by atoms with Crippen molar-refractivity contribution in [3.8, 4) is 0 Å². The van der Waals surface area contributed by atoms with Crippen LogP contribution in [0.5, 0.6) is 0 Å². The van der Waals surface area contributed by atoms with E-state index in [4.69, 9.17) is 0 Å². The second kappa shape index (κ2) is 9.81. The van der Waals surface area contributed by atoms with E-state index < -0.39 is 35.8 Å². The molecule has 0 aliphatic rings. The molecule has 2 amide bonds. The van der Waals surface area contributed by atoms with Crippen molar-refractivity contribution in [2.75, 3.05) is 14.2 Å². The lowest BCUT2D eigenvalue weighted by molar-refractivity contribution is -0.148. The molecule has 0 rings (SSSR count). The minimum absolute atomic E-state index is 0.0526. The average Bonchev–Trinajstić information content (AvgIpc) is 2.48. The average molecular weight is 330 g/mol. The molecule has 8 nitrogen and oxygen atoms in total. The number of nitrogens with one attached hydrogen (secondary N) is 2. The van der Waals surface area contributed by atoms with E-state index in [1.807, 2.05) is 0 Å². The number of hydrogen-bond acceptors (Lipinski definition) is 6. The van der Waals surface area contributed by atoms with Crippen molar-refractivity contribution in [1.29, 1.82) is 0 Å². The molecule has 0 aromatic heterocycles.